The number of halogens is 1. The molecule has 194 valence electrons. The van der Waals surface area contributed by atoms with Crippen molar-refractivity contribution in [3.8, 4) is 0 Å². The molecule has 0 bridgehead atoms. The molecule has 0 amide bonds. The summed E-state index contributed by atoms with van der Waals surface area (Å²) in [4.78, 5) is 14.7. The maximum absolute atomic E-state index is 6.16. The van der Waals surface area contributed by atoms with Crippen molar-refractivity contribution in [3.63, 3.8) is 0 Å². The lowest BCUT2D eigenvalue weighted by molar-refractivity contribution is 0.435. The molecule has 0 unspecified atom stereocenters. The molecule has 6 nitrogen and oxygen atoms in total. The molecule has 5 rings (SSSR count). The first-order valence-electron chi connectivity index (χ1n) is 13.7. The van der Waals surface area contributed by atoms with Gasteiger partial charge in [0.25, 0.3) is 0 Å². The van der Waals surface area contributed by atoms with E-state index in [9.17, 15) is 0 Å². The first-order valence-corrected chi connectivity index (χ1v) is 14.5. The van der Waals surface area contributed by atoms with Crippen LogP contribution in [0.1, 0.15) is 70.3 Å². The lowest BCUT2D eigenvalue weighted by Crippen LogP contribution is -2.41. The minimum absolute atomic E-state index is 0.0853. The van der Waals surface area contributed by atoms with Gasteiger partial charge < -0.3 is 20.4 Å². The molecule has 2 N–H and O–H groups in total. The van der Waals surface area contributed by atoms with E-state index in [1.807, 2.05) is 12.1 Å². The van der Waals surface area contributed by atoms with Crippen LogP contribution in [0.15, 0.2) is 30.3 Å². The second-order valence-corrected chi connectivity index (χ2v) is 11.8. The lowest BCUT2D eigenvalue weighted by atomic mass is 9.79. The Bertz CT molecular complexity index is 1030. The number of aromatic nitrogens is 2. The molecule has 3 heterocycles. The van der Waals surface area contributed by atoms with Gasteiger partial charge in [0, 0.05) is 49.2 Å². The molecule has 1 atom stereocenters. The van der Waals surface area contributed by atoms with Gasteiger partial charge >= 0.3 is 0 Å². The zero-order valence-corrected chi connectivity index (χ0v) is 23.0. The van der Waals surface area contributed by atoms with Crippen molar-refractivity contribution in [2.45, 2.75) is 70.1 Å². The summed E-state index contributed by atoms with van der Waals surface area (Å²) < 4.78 is 0. The first-order chi connectivity index (χ1) is 17.5. The molecule has 2 saturated heterocycles. The van der Waals surface area contributed by atoms with Gasteiger partial charge in [0.1, 0.15) is 11.6 Å². The Labute approximate surface area is 226 Å². The Hall–Kier alpha value is -2.12. The minimum atomic E-state index is 0.0853. The molecule has 1 aliphatic carbocycles. The van der Waals surface area contributed by atoms with Crippen LogP contribution in [0, 0.1) is 5.92 Å². The molecule has 0 spiro atoms. The summed E-state index contributed by atoms with van der Waals surface area (Å²) >= 11 is 11.9. The molecule has 3 fully saturated rings. The maximum atomic E-state index is 6.16. The lowest BCUT2D eigenvalue weighted by Gasteiger charge is -2.34. The van der Waals surface area contributed by atoms with Crippen molar-refractivity contribution in [1.29, 1.82) is 0 Å². The predicted octanol–water partition coefficient (Wildman–Crippen LogP) is 6.16. The first kappa shape index (κ1) is 25.5. The Balaban J connectivity index is 1.31. The molecule has 8 heteroatoms. The Morgan fingerprint density at radius 3 is 2.33 bits per heavy atom. The third kappa shape index (κ3) is 6.05. The molecule has 1 saturated carbocycles. The third-order valence-electron chi connectivity index (χ3n) is 8.19. The fraction of sp³-hybridized carbons (Fsp3) is 0.607. The monoisotopic (exact) mass is 526 g/mol. The summed E-state index contributed by atoms with van der Waals surface area (Å²) in [7, 11) is 0. The quantitative estimate of drug-likeness (QED) is 0.437. The van der Waals surface area contributed by atoms with Crippen LogP contribution in [0.3, 0.4) is 0 Å². The number of thiocarbonyl (C=S) groups is 1. The number of hydrogen-bond donors (Lipinski definition) is 2. The van der Waals surface area contributed by atoms with Gasteiger partial charge in [0.15, 0.2) is 5.11 Å². The van der Waals surface area contributed by atoms with Crippen LogP contribution >= 0.6 is 23.8 Å². The third-order valence-corrected chi connectivity index (χ3v) is 8.69. The topological polar surface area (TPSA) is 56.3 Å². The highest BCUT2D eigenvalue weighted by molar-refractivity contribution is 7.80. The minimum Gasteiger partial charge on any atom is -0.361 e. The van der Waals surface area contributed by atoms with Gasteiger partial charge in [-0.3, -0.25) is 0 Å². The molecule has 36 heavy (non-hydrogen) atoms. The largest absolute Gasteiger partial charge is 0.361 e. The van der Waals surface area contributed by atoms with E-state index in [2.05, 4.69) is 45.6 Å². The highest BCUT2D eigenvalue weighted by Crippen LogP contribution is 2.41. The fourth-order valence-electron chi connectivity index (χ4n) is 6.14. The van der Waals surface area contributed by atoms with Gasteiger partial charge in [-0.25, -0.2) is 0 Å². The van der Waals surface area contributed by atoms with Crippen LogP contribution in [-0.2, 0) is 5.41 Å². The molecular weight excluding hydrogens is 488 g/mol. The van der Waals surface area contributed by atoms with Gasteiger partial charge in [-0.15, -0.1) is 0 Å². The van der Waals surface area contributed by atoms with Gasteiger partial charge in [0.2, 0.25) is 5.95 Å². The van der Waals surface area contributed by atoms with Crippen molar-refractivity contribution in [1.82, 2.24) is 15.3 Å². The zero-order chi connectivity index (χ0) is 25.0. The highest BCUT2D eigenvalue weighted by Gasteiger charge is 2.35. The molecule has 0 radical (unpaired) electrons. The standard InChI is InChI=1S/C28H39ClN6S/c1-21-8-7-17-35(19-21)25-18-24(34-15-5-2-6-16-34)31-26(32-25)33-27(36)30-20-28(13-3-4-14-28)22-9-11-23(29)12-10-22/h9-12,18,21H,2-8,13-17,19-20H2,1H3,(H2,30,31,32,33,36)/t21-/m1/s1. The number of nitrogens with zero attached hydrogens (tertiary/aromatic N) is 4. The maximum Gasteiger partial charge on any atom is 0.232 e. The Morgan fingerprint density at radius 1 is 0.972 bits per heavy atom. The molecule has 1 aromatic carbocycles. The smallest absolute Gasteiger partial charge is 0.232 e. The van der Waals surface area contributed by atoms with E-state index in [0.717, 1.165) is 62.2 Å². The van der Waals surface area contributed by atoms with Crippen LogP contribution in [0.25, 0.3) is 0 Å². The fourth-order valence-corrected chi connectivity index (χ4v) is 6.43. The Morgan fingerprint density at radius 2 is 1.64 bits per heavy atom. The van der Waals surface area contributed by atoms with Crippen molar-refractivity contribution < 1.29 is 0 Å². The summed E-state index contributed by atoms with van der Waals surface area (Å²) in [5, 5.41) is 8.22. The zero-order valence-electron chi connectivity index (χ0n) is 21.4. The molecule has 3 aliphatic rings. The molecular formula is C28H39ClN6S. The second-order valence-electron chi connectivity index (χ2n) is 11.0. The van der Waals surface area contributed by atoms with Crippen LogP contribution < -0.4 is 20.4 Å². The van der Waals surface area contributed by atoms with E-state index in [1.54, 1.807) is 0 Å². The molecule has 2 aliphatic heterocycles. The highest BCUT2D eigenvalue weighted by atomic mass is 35.5. The van der Waals surface area contributed by atoms with Gasteiger partial charge in [-0.2, -0.15) is 9.97 Å². The van der Waals surface area contributed by atoms with E-state index in [-0.39, 0.29) is 5.41 Å². The SMILES string of the molecule is C[C@@H]1CCCN(c2cc(N3CCCCC3)nc(NC(=S)NCC3(c4ccc(Cl)cc4)CCCC3)n2)C1. The van der Waals surface area contributed by atoms with Gasteiger partial charge in [0.05, 0.1) is 0 Å². The normalized spacial score (nSPS) is 21.9. The average molecular weight is 527 g/mol. The predicted molar refractivity (Wildman–Crippen MR) is 155 cm³/mol. The van der Waals surface area contributed by atoms with Crippen molar-refractivity contribution in [2.24, 2.45) is 5.92 Å². The number of hydrogen-bond acceptors (Lipinski definition) is 5. The van der Waals surface area contributed by atoms with Gasteiger partial charge in [-0.05, 0) is 80.8 Å². The van der Waals surface area contributed by atoms with Crippen LogP contribution in [0.4, 0.5) is 17.6 Å². The van der Waals surface area contributed by atoms with Crippen LogP contribution in [0.2, 0.25) is 5.02 Å². The average Bonchev–Trinajstić information content (AvgIpc) is 3.38. The molecule has 2 aromatic rings. The van der Waals surface area contributed by atoms with E-state index in [0.29, 0.717) is 17.0 Å². The Kier molecular flexibility index (Phi) is 8.16. The van der Waals surface area contributed by atoms with E-state index in [1.165, 1.54) is 50.5 Å². The van der Waals surface area contributed by atoms with E-state index < -0.39 is 0 Å². The summed E-state index contributed by atoms with van der Waals surface area (Å²) in [5.74, 6) is 3.30. The summed E-state index contributed by atoms with van der Waals surface area (Å²) in [6.45, 7) is 7.32. The number of benzene rings is 1. The van der Waals surface area contributed by atoms with Crippen LogP contribution in [-0.4, -0.2) is 47.8 Å². The van der Waals surface area contributed by atoms with Crippen molar-refractivity contribution in [3.05, 3.63) is 40.9 Å². The number of piperidine rings is 2. The van der Waals surface area contributed by atoms with Crippen molar-refractivity contribution >= 4 is 46.5 Å². The second kappa shape index (κ2) is 11.5. The van der Waals surface area contributed by atoms with Crippen LogP contribution in [0.5, 0.6) is 0 Å². The number of nitrogens with one attached hydrogen (secondary N) is 2. The van der Waals surface area contributed by atoms with E-state index >= 15 is 0 Å². The van der Waals surface area contributed by atoms with Gasteiger partial charge in [-0.1, -0.05) is 43.5 Å². The summed E-state index contributed by atoms with van der Waals surface area (Å²) in [6.07, 6.45) is 11.0. The number of anilines is 3. The summed E-state index contributed by atoms with van der Waals surface area (Å²) in [6, 6.07) is 10.5. The number of rotatable bonds is 6. The van der Waals surface area contributed by atoms with E-state index in [4.69, 9.17) is 33.8 Å². The molecule has 1 aromatic heterocycles. The van der Waals surface area contributed by atoms with Crippen molar-refractivity contribution in [2.75, 3.05) is 47.8 Å². The summed E-state index contributed by atoms with van der Waals surface area (Å²) in [5.41, 5.74) is 1.42.